The van der Waals surface area contributed by atoms with Gasteiger partial charge in [0.1, 0.15) is 5.52 Å². The molecule has 6 nitrogen and oxygen atoms in total. The van der Waals surface area contributed by atoms with E-state index in [2.05, 4.69) is 14.9 Å². The lowest BCUT2D eigenvalue weighted by Crippen LogP contribution is -2.38. The lowest BCUT2D eigenvalue weighted by Gasteiger charge is -2.27. The molecule has 1 amide bonds. The summed E-state index contributed by atoms with van der Waals surface area (Å²) in [6, 6.07) is 2.61. The van der Waals surface area contributed by atoms with E-state index in [1.165, 1.54) is 25.7 Å². The van der Waals surface area contributed by atoms with Gasteiger partial charge in [0.15, 0.2) is 5.65 Å². The van der Waals surface area contributed by atoms with Gasteiger partial charge in [-0.1, -0.05) is 12.8 Å². The van der Waals surface area contributed by atoms with Crippen molar-refractivity contribution in [1.82, 2.24) is 24.3 Å². The van der Waals surface area contributed by atoms with E-state index < -0.39 is 0 Å². The maximum Gasteiger partial charge on any atom is 0.255 e. The minimum absolute atomic E-state index is 0.0864. The second-order valence-corrected chi connectivity index (χ2v) is 7.04. The van der Waals surface area contributed by atoms with Crippen LogP contribution in [0.5, 0.6) is 0 Å². The second kappa shape index (κ2) is 6.51. The van der Waals surface area contributed by atoms with E-state index in [1.54, 1.807) is 12.5 Å². The van der Waals surface area contributed by atoms with E-state index in [-0.39, 0.29) is 5.91 Å². The Kier molecular flexibility index (Phi) is 4.22. The lowest BCUT2D eigenvalue weighted by atomic mass is 10.2. The van der Waals surface area contributed by atoms with Crippen molar-refractivity contribution in [3.8, 4) is 0 Å². The van der Waals surface area contributed by atoms with Crippen LogP contribution in [0.15, 0.2) is 18.6 Å². The van der Waals surface area contributed by atoms with Crippen molar-refractivity contribution in [1.29, 1.82) is 0 Å². The molecule has 1 aliphatic carbocycles. The van der Waals surface area contributed by atoms with Crippen LogP contribution in [0.4, 0.5) is 0 Å². The zero-order valence-corrected chi connectivity index (χ0v) is 14.3. The van der Waals surface area contributed by atoms with Gasteiger partial charge in [-0.15, -0.1) is 0 Å². The number of nitrogens with zero attached hydrogens (tertiary/aromatic N) is 5. The molecule has 0 atom stereocenters. The number of aromatic nitrogens is 3. The number of carbonyl (C=O) groups excluding carboxylic acids is 1. The normalized spacial score (nSPS) is 20.6. The van der Waals surface area contributed by atoms with Crippen molar-refractivity contribution in [3.63, 3.8) is 0 Å². The van der Waals surface area contributed by atoms with Gasteiger partial charge >= 0.3 is 0 Å². The fourth-order valence-electron chi connectivity index (χ4n) is 4.09. The first-order valence-corrected chi connectivity index (χ1v) is 9.03. The highest BCUT2D eigenvalue weighted by atomic mass is 16.2. The zero-order chi connectivity index (χ0) is 16.5. The number of hydrogen-bond acceptors (Lipinski definition) is 4. The van der Waals surface area contributed by atoms with Crippen LogP contribution in [0, 0.1) is 0 Å². The lowest BCUT2D eigenvalue weighted by molar-refractivity contribution is 0.0758. The van der Waals surface area contributed by atoms with Gasteiger partial charge in [-0.3, -0.25) is 9.69 Å². The average molecular weight is 327 g/mol. The molecule has 0 radical (unpaired) electrons. The topological polar surface area (TPSA) is 54.3 Å². The predicted octanol–water partition coefficient (Wildman–Crippen LogP) is 2.06. The third-order valence-corrected chi connectivity index (χ3v) is 5.46. The second-order valence-electron chi connectivity index (χ2n) is 7.04. The fourth-order valence-corrected chi connectivity index (χ4v) is 4.09. The van der Waals surface area contributed by atoms with E-state index in [9.17, 15) is 4.79 Å². The van der Waals surface area contributed by atoms with Crippen molar-refractivity contribution in [2.24, 2.45) is 7.05 Å². The van der Waals surface area contributed by atoms with Gasteiger partial charge in [0, 0.05) is 45.5 Å². The van der Waals surface area contributed by atoms with Gasteiger partial charge in [-0.05, 0) is 25.3 Å². The Morgan fingerprint density at radius 2 is 1.92 bits per heavy atom. The first kappa shape index (κ1) is 15.6. The summed E-state index contributed by atoms with van der Waals surface area (Å²) in [4.78, 5) is 26.2. The molecule has 0 aromatic carbocycles. The minimum atomic E-state index is 0.0864. The van der Waals surface area contributed by atoms with Crippen LogP contribution in [-0.2, 0) is 7.05 Å². The van der Waals surface area contributed by atoms with Crippen LogP contribution in [0.1, 0.15) is 42.5 Å². The number of aryl methyl sites for hydroxylation is 1. The van der Waals surface area contributed by atoms with Gasteiger partial charge in [0.2, 0.25) is 0 Å². The van der Waals surface area contributed by atoms with Crippen LogP contribution >= 0.6 is 0 Å². The fraction of sp³-hybridized carbons (Fsp3) is 0.611. The van der Waals surface area contributed by atoms with E-state index >= 15 is 0 Å². The number of pyridine rings is 1. The predicted molar refractivity (Wildman–Crippen MR) is 92.9 cm³/mol. The summed E-state index contributed by atoms with van der Waals surface area (Å²) in [5, 5.41) is 0. The number of rotatable bonds is 2. The summed E-state index contributed by atoms with van der Waals surface area (Å²) in [5.41, 5.74) is 2.25. The zero-order valence-electron chi connectivity index (χ0n) is 14.3. The molecular formula is C18H25N5O. The third kappa shape index (κ3) is 2.90. The summed E-state index contributed by atoms with van der Waals surface area (Å²) in [6.45, 7) is 3.76. The number of imidazole rings is 1. The smallest absolute Gasteiger partial charge is 0.255 e. The van der Waals surface area contributed by atoms with Gasteiger partial charge in [-0.2, -0.15) is 0 Å². The quantitative estimate of drug-likeness (QED) is 0.847. The Hall–Kier alpha value is -1.95. The molecule has 0 spiro atoms. The Morgan fingerprint density at radius 1 is 1.08 bits per heavy atom. The molecule has 1 saturated carbocycles. The van der Waals surface area contributed by atoms with Crippen molar-refractivity contribution < 1.29 is 4.79 Å². The van der Waals surface area contributed by atoms with Crippen LogP contribution in [-0.4, -0.2) is 62.5 Å². The first-order chi connectivity index (χ1) is 11.7. The number of hydrogen-bond donors (Lipinski definition) is 0. The highest BCUT2D eigenvalue weighted by Gasteiger charge is 2.26. The van der Waals surface area contributed by atoms with Gasteiger partial charge in [-0.25, -0.2) is 9.97 Å². The Labute approximate surface area is 142 Å². The number of amides is 1. The molecule has 1 saturated heterocycles. The molecule has 6 heteroatoms. The van der Waals surface area contributed by atoms with E-state index in [0.29, 0.717) is 5.56 Å². The Balaban J connectivity index is 1.46. The molecule has 2 fully saturated rings. The van der Waals surface area contributed by atoms with Crippen LogP contribution in [0.25, 0.3) is 11.2 Å². The van der Waals surface area contributed by atoms with Crippen molar-refractivity contribution in [2.45, 2.75) is 38.1 Å². The maximum absolute atomic E-state index is 12.9. The summed E-state index contributed by atoms with van der Waals surface area (Å²) < 4.78 is 1.87. The number of carbonyl (C=O) groups is 1. The molecule has 24 heavy (non-hydrogen) atoms. The molecule has 0 bridgehead atoms. The molecule has 0 N–H and O–H groups in total. The Bertz CT molecular complexity index is 734. The average Bonchev–Trinajstić information content (AvgIpc) is 3.19. The molecule has 1 aliphatic heterocycles. The molecule has 2 aromatic rings. The highest BCUT2D eigenvalue weighted by Crippen LogP contribution is 2.24. The minimum Gasteiger partial charge on any atom is -0.337 e. The van der Waals surface area contributed by atoms with E-state index in [4.69, 9.17) is 0 Å². The molecule has 128 valence electrons. The molecular weight excluding hydrogens is 302 g/mol. The molecule has 2 aliphatic rings. The Morgan fingerprint density at radius 3 is 2.75 bits per heavy atom. The molecule has 3 heterocycles. The maximum atomic E-state index is 12.9. The van der Waals surface area contributed by atoms with Crippen molar-refractivity contribution >= 4 is 17.1 Å². The van der Waals surface area contributed by atoms with E-state index in [0.717, 1.165) is 49.8 Å². The summed E-state index contributed by atoms with van der Waals surface area (Å²) in [5.74, 6) is 0.0864. The molecule has 4 rings (SSSR count). The highest BCUT2D eigenvalue weighted by molar-refractivity contribution is 5.96. The summed E-state index contributed by atoms with van der Waals surface area (Å²) in [7, 11) is 1.91. The van der Waals surface area contributed by atoms with Crippen molar-refractivity contribution in [2.75, 3.05) is 26.2 Å². The largest absolute Gasteiger partial charge is 0.337 e. The van der Waals surface area contributed by atoms with Crippen LogP contribution in [0.2, 0.25) is 0 Å². The monoisotopic (exact) mass is 327 g/mol. The van der Waals surface area contributed by atoms with Gasteiger partial charge in [0.25, 0.3) is 5.91 Å². The van der Waals surface area contributed by atoms with E-state index in [1.807, 2.05) is 22.6 Å². The molecule has 2 aromatic heterocycles. The summed E-state index contributed by atoms with van der Waals surface area (Å²) in [6.07, 6.45) is 9.85. The van der Waals surface area contributed by atoms with Gasteiger partial charge < -0.3 is 9.47 Å². The van der Waals surface area contributed by atoms with Crippen molar-refractivity contribution in [3.05, 3.63) is 24.2 Å². The SMILES string of the molecule is Cn1cnc2cc(C(=O)N3CCCN(C4CCCC4)CC3)cnc21. The molecule has 0 unspecified atom stereocenters. The third-order valence-electron chi connectivity index (χ3n) is 5.46. The van der Waals surface area contributed by atoms with Gasteiger partial charge in [0.05, 0.1) is 11.9 Å². The van der Waals surface area contributed by atoms with Crippen LogP contribution in [0.3, 0.4) is 0 Å². The first-order valence-electron chi connectivity index (χ1n) is 9.03. The van der Waals surface area contributed by atoms with Crippen LogP contribution < -0.4 is 0 Å². The summed E-state index contributed by atoms with van der Waals surface area (Å²) >= 11 is 0. The standard InChI is InChI=1S/C18H25N5O/c1-21-13-20-16-11-14(12-19-17(16)21)18(24)23-8-4-7-22(9-10-23)15-5-2-3-6-15/h11-13,15H,2-10H2,1H3. The number of fused-ring (bicyclic) bond motifs is 1.